The number of rotatable bonds is 1. The van der Waals surface area contributed by atoms with Gasteiger partial charge in [0.25, 0.3) is 5.91 Å². The molecule has 0 saturated carbocycles. The molecule has 17 heavy (non-hydrogen) atoms. The van der Waals surface area contributed by atoms with Crippen molar-refractivity contribution >= 4 is 16.8 Å². The predicted octanol–water partition coefficient (Wildman–Crippen LogP) is 2.41. The van der Waals surface area contributed by atoms with Gasteiger partial charge >= 0.3 is 0 Å². The van der Waals surface area contributed by atoms with Gasteiger partial charge in [0.15, 0.2) is 0 Å². The van der Waals surface area contributed by atoms with E-state index in [1.165, 1.54) is 0 Å². The maximum atomic E-state index is 12.4. The highest BCUT2D eigenvalue weighted by molar-refractivity contribution is 6.07. The molecule has 0 radical (unpaired) electrons. The Balaban J connectivity index is 2.08. The molecule has 1 saturated heterocycles. The Morgan fingerprint density at radius 2 is 1.88 bits per heavy atom. The Morgan fingerprint density at radius 1 is 1.18 bits per heavy atom. The number of hydrogen-bond acceptors (Lipinski definition) is 1. The lowest BCUT2D eigenvalue weighted by atomic mass is 10.1. The largest absolute Gasteiger partial charge is 0.350 e. The van der Waals surface area contributed by atoms with Crippen LogP contribution in [0.4, 0.5) is 0 Å². The number of carbonyl (C=O) groups is 1. The van der Waals surface area contributed by atoms with Crippen LogP contribution in [0.2, 0.25) is 0 Å². The van der Waals surface area contributed by atoms with Crippen molar-refractivity contribution < 1.29 is 4.79 Å². The maximum Gasteiger partial charge on any atom is 0.256 e. The van der Waals surface area contributed by atoms with Crippen molar-refractivity contribution in [3.8, 4) is 0 Å². The summed E-state index contributed by atoms with van der Waals surface area (Å²) in [5, 5.41) is 1.06. The van der Waals surface area contributed by atoms with Gasteiger partial charge in [0.05, 0.1) is 5.56 Å². The number of likely N-dealkylation sites (tertiary alicyclic amines) is 1. The molecule has 88 valence electrons. The third kappa shape index (κ3) is 1.62. The van der Waals surface area contributed by atoms with Gasteiger partial charge in [-0.3, -0.25) is 4.79 Å². The molecule has 0 aliphatic carbocycles. The van der Waals surface area contributed by atoms with Crippen LogP contribution in [-0.2, 0) is 7.05 Å². The van der Waals surface area contributed by atoms with Gasteiger partial charge in [0, 0.05) is 37.2 Å². The van der Waals surface area contributed by atoms with Gasteiger partial charge in [0.2, 0.25) is 0 Å². The Labute approximate surface area is 101 Å². The molecule has 0 bridgehead atoms. The monoisotopic (exact) mass is 228 g/mol. The number of aryl methyl sites for hydroxylation is 1. The third-order valence-corrected chi connectivity index (χ3v) is 3.52. The highest BCUT2D eigenvalue weighted by Gasteiger charge is 2.22. The summed E-state index contributed by atoms with van der Waals surface area (Å²) in [5.74, 6) is 0.180. The van der Waals surface area contributed by atoms with Crippen molar-refractivity contribution in [1.29, 1.82) is 0 Å². The first-order chi connectivity index (χ1) is 8.27. The van der Waals surface area contributed by atoms with E-state index < -0.39 is 0 Å². The number of hydrogen-bond donors (Lipinski definition) is 0. The number of benzene rings is 1. The van der Waals surface area contributed by atoms with Gasteiger partial charge < -0.3 is 9.47 Å². The van der Waals surface area contributed by atoms with Gasteiger partial charge in [0.1, 0.15) is 0 Å². The van der Waals surface area contributed by atoms with Crippen molar-refractivity contribution in [3.05, 3.63) is 36.0 Å². The molecule has 3 rings (SSSR count). The molecular weight excluding hydrogens is 212 g/mol. The van der Waals surface area contributed by atoms with Gasteiger partial charge in [-0.25, -0.2) is 0 Å². The van der Waals surface area contributed by atoms with Crippen LogP contribution in [0.25, 0.3) is 10.9 Å². The molecule has 0 N–H and O–H groups in total. The molecule has 1 aliphatic heterocycles. The molecule has 1 fully saturated rings. The van der Waals surface area contributed by atoms with Crippen molar-refractivity contribution in [1.82, 2.24) is 9.47 Å². The normalized spacial score (nSPS) is 15.7. The highest BCUT2D eigenvalue weighted by atomic mass is 16.2. The standard InChI is InChI=1S/C14H16N2O/c1-15-10-12(11-6-2-3-7-13(11)15)14(17)16-8-4-5-9-16/h2-3,6-7,10H,4-5,8-9H2,1H3. The smallest absolute Gasteiger partial charge is 0.256 e. The summed E-state index contributed by atoms with van der Waals surface area (Å²) in [6, 6.07) is 8.07. The Morgan fingerprint density at radius 3 is 2.65 bits per heavy atom. The molecule has 0 atom stereocenters. The average molecular weight is 228 g/mol. The number of amides is 1. The summed E-state index contributed by atoms with van der Waals surface area (Å²) in [6.45, 7) is 1.81. The second-order valence-electron chi connectivity index (χ2n) is 4.67. The van der Waals surface area contributed by atoms with E-state index in [1.54, 1.807) is 0 Å². The molecule has 2 heterocycles. The quantitative estimate of drug-likeness (QED) is 0.736. The molecule has 1 aliphatic rings. The number of carbonyl (C=O) groups excluding carboxylic acids is 1. The summed E-state index contributed by atoms with van der Waals surface area (Å²) in [7, 11) is 1.99. The minimum atomic E-state index is 0.180. The minimum absolute atomic E-state index is 0.180. The van der Waals surface area contributed by atoms with Crippen molar-refractivity contribution in [2.75, 3.05) is 13.1 Å². The fourth-order valence-electron chi connectivity index (χ4n) is 2.60. The zero-order chi connectivity index (χ0) is 11.8. The number of aromatic nitrogens is 1. The van der Waals surface area contributed by atoms with Crippen LogP contribution in [0.15, 0.2) is 30.5 Å². The number of para-hydroxylation sites is 1. The summed E-state index contributed by atoms with van der Waals surface area (Å²) in [5.41, 5.74) is 1.96. The lowest BCUT2D eigenvalue weighted by Crippen LogP contribution is -2.27. The predicted molar refractivity (Wildman–Crippen MR) is 68.1 cm³/mol. The first-order valence-corrected chi connectivity index (χ1v) is 6.11. The molecule has 0 unspecified atom stereocenters. The van der Waals surface area contributed by atoms with Crippen LogP contribution in [-0.4, -0.2) is 28.5 Å². The molecule has 0 spiro atoms. The van der Waals surface area contributed by atoms with Crippen LogP contribution in [0.3, 0.4) is 0 Å². The van der Waals surface area contributed by atoms with Gasteiger partial charge in [-0.05, 0) is 18.9 Å². The van der Waals surface area contributed by atoms with Crippen molar-refractivity contribution in [3.63, 3.8) is 0 Å². The van der Waals surface area contributed by atoms with Crippen molar-refractivity contribution in [2.45, 2.75) is 12.8 Å². The lowest BCUT2D eigenvalue weighted by Gasteiger charge is -2.14. The van der Waals surface area contributed by atoms with E-state index in [2.05, 4.69) is 6.07 Å². The minimum Gasteiger partial charge on any atom is -0.350 e. The van der Waals surface area contributed by atoms with E-state index in [4.69, 9.17) is 0 Å². The fourth-order valence-corrected chi connectivity index (χ4v) is 2.60. The second kappa shape index (κ2) is 3.91. The zero-order valence-electron chi connectivity index (χ0n) is 10.0. The number of fused-ring (bicyclic) bond motifs is 1. The Hall–Kier alpha value is -1.77. The fraction of sp³-hybridized carbons (Fsp3) is 0.357. The molecular formula is C14H16N2O. The summed E-state index contributed by atoms with van der Waals surface area (Å²) in [6.07, 6.45) is 4.22. The van der Waals surface area contributed by atoms with E-state index in [9.17, 15) is 4.79 Å². The molecule has 1 aromatic heterocycles. The highest BCUT2D eigenvalue weighted by Crippen LogP contribution is 2.23. The average Bonchev–Trinajstić information content (AvgIpc) is 2.97. The molecule has 3 nitrogen and oxygen atoms in total. The van der Waals surface area contributed by atoms with E-state index in [0.29, 0.717) is 0 Å². The maximum absolute atomic E-state index is 12.4. The Kier molecular flexibility index (Phi) is 2.39. The van der Waals surface area contributed by atoms with Crippen LogP contribution >= 0.6 is 0 Å². The Bertz CT molecular complexity index is 565. The molecule has 3 heteroatoms. The second-order valence-corrected chi connectivity index (χ2v) is 4.67. The first kappa shape index (κ1) is 10.4. The van der Waals surface area contributed by atoms with E-state index in [0.717, 1.165) is 42.4 Å². The van der Waals surface area contributed by atoms with E-state index in [1.807, 2.05) is 40.9 Å². The first-order valence-electron chi connectivity index (χ1n) is 6.11. The van der Waals surface area contributed by atoms with Crippen LogP contribution < -0.4 is 0 Å². The van der Waals surface area contributed by atoms with Gasteiger partial charge in [-0.2, -0.15) is 0 Å². The molecule has 1 aromatic carbocycles. The van der Waals surface area contributed by atoms with Crippen LogP contribution in [0.1, 0.15) is 23.2 Å². The van der Waals surface area contributed by atoms with Gasteiger partial charge in [-0.15, -0.1) is 0 Å². The zero-order valence-corrected chi connectivity index (χ0v) is 10.0. The summed E-state index contributed by atoms with van der Waals surface area (Å²) >= 11 is 0. The summed E-state index contributed by atoms with van der Waals surface area (Å²) < 4.78 is 2.03. The SMILES string of the molecule is Cn1cc(C(=O)N2CCCC2)c2ccccc21. The van der Waals surface area contributed by atoms with E-state index in [-0.39, 0.29) is 5.91 Å². The lowest BCUT2D eigenvalue weighted by molar-refractivity contribution is 0.0794. The van der Waals surface area contributed by atoms with Crippen LogP contribution in [0.5, 0.6) is 0 Å². The van der Waals surface area contributed by atoms with E-state index >= 15 is 0 Å². The summed E-state index contributed by atoms with van der Waals surface area (Å²) in [4.78, 5) is 14.3. The van der Waals surface area contributed by atoms with Crippen LogP contribution in [0, 0.1) is 0 Å². The molecule has 1 amide bonds. The van der Waals surface area contributed by atoms with Crippen molar-refractivity contribution in [2.24, 2.45) is 7.05 Å². The van der Waals surface area contributed by atoms with Gasteiger partial charge in [-0.1, -0.05) is 18.2 Å². The third-order valence-electron chi connectivity index (χ3n) is 3.52. The topological polar surface area (TPSA) is 25.2 Å². The number of nitrogens with zero attached hydrogens (tertiary/aromatic N) is 2. The molecule has 2 aromatic rings.